The quantitative estimate of drug-likeness (QED) is 0.0919. The molecule has 0 radical (unpaired) electrons. The van der Waals surface area contributed by atoms with Crippen LogP contribution in [0.3, 0.4) is 0 Å². The molecule has 0 bridgehead atoms. The molecule has 7 aromatic rings. The smallest absolute Gasteiger partial charge is 0.224 e. The Kier molecular flexibility index (Phi) is 4.93. The van der Waals surface area contributed by atoms with Gasteiger partial charge in [-0.3, -0.25) is 0 Å². The molecule has 0 spiro atoms. The normalized spacial score (nSPS) is 13.4. The predicted molar refractivity (Wildman–Crippen MR) is 173 cm³/mol. The molecule has 0 saturated carbocycles. The van der Waals surface area contributed by atoms with E-state index in [1.807, 2.05) is 0 Å². The summed E-state index contributed by atoms with van der Waals surface area (Å²) in [6, 6.07) is 21.5. The number of hydrogen-bond acceptors (Lipinski definition) is 0. The average Bonchev–Trinajstić information content (AvgIpc) is 3.20. The number of benzene rings is 4. The molecule has 0 N–H and O–H groups in total. The first-order chi connectivity index (χ1) is 18.3. The summed E-state index contributed by atoms with van der Waals surface area (Å²) in [5.41, 5.74) is 9.85. The first-order valence-corrected chi connectivity index (χ1v) is 17.8. The number of rotatable bonds is 2. The topological polar surface area (TPSA) is 8.29 Å². The van der Waals surface area contributed by atoms with Crippen molar-refractivity contribution in [2.75, 3.05) is 0 Å². The van der Waals surface area contributed by atoms with Crippen molar-refractivity contribution in [3.05, 3.63) is 77.5 Å². The maximum Gasteiger partial charge on any atom is 0.224 e. The molecule has 0 aliphatic heterocycles. The first-order valence-electron chi connectivity index (χ1n) is 14.3. The third-order valence-corrected chi connectivity index (χ3v) is 11.0. The van der Waals surface area contributed by atoms with Crippen LogP contribution in [-0.4, -0.2) is 12.5 Å². The lowest BCUT2D eigenvalue weighted by atomic mass is 9.86. The summed E-state index contributed by atoms with van der Waals surface area (Å²) in [6.07, 6.45) is 3.32. The highest BCUT2D eigenvalue weighted by Crippen LogP contribution is 2.44. The zero-order valence-electron chi connectivity index (χ0n) is 24.9. The largest absolute Gasteiger partial charge is 0.307 e. The molecule has 39 heavy (non-hydrogen) atoms. The summed E-state index contributed by atoms with van der Waals surface area (Å²) in [5.74, 6) is 0. The Morgan fingerprint density at radius 3 is 2.18 bits per heavy atom. The molecule has 196 valence electrons. The van der Waals surface area contributed by atoms with Crippen LogP contribution in [0.1, 0.15) is 37.5 Å². The van der Waals surface area contributed by atoms with E-state index in [0.717, 1.165) is 6.42 Å². The maximum atomic E-state index is 2.63. The van der Waals surface area contributed by atoms with Crippen molar-refractivity contribution in [1.29, 1.82) is 0 Å². The second-order valence-electron chi connectivity index (χ2n) is 14.1. The molecule has 3 heterocycles. The molecule has 7 rings (SSSR count). The van der Waals surface area contributed by atoms with Gasteiger partial charge in [-0.1, -0.05) is 88.1 Å². The molecule has 2 nitrogen and oxygen atoms in total. The third kappa shape index (κ3) is 3.42. The van der Waals surface area contributed by atoms with Crippen molar-refractivity contribution in [3.8, 4) is 0 Å². The highest BCUT2D eigenvalue weighted by atomic mass is 28.3. The molecular formula is C36H39N2Si+. The van der Waals surface area contributed by atoms with Crippen LogP contribution in [0.15, 0.2) is 60.8 Å². The Labute approximate surface area is 232 Å². The van der Waals surface area contributed by atoms with Crippen molar-refractivity contribution in [2.24, 2.45) is 12.5 Å². The highest BCUT2D eigenvalue weighted by Gasteiger charge is 2.27. The number of pyridine rings is 2. The van der Waals surface area contributed by atoms with Gasteiger partial charge in [0.25, 0.3) is 0 Å². The minimum atomic E-state index is -1.49. The number of fused-ring (bicyclic) bond motifs is 7. The molecule has 0 fully saturated rings. The van der Waals surface area contributed by atoms with Gasteiger partial charge in [0, 0.05) is 16.8 Å². The Morgan fingerprint density at radius 1 is 0.744 bits per heavy atom. The van der Waals surface area contributed by atoms with Crippen molar-refractivity contribution in [2.45, 2.75) is 60.7 Å². The summed E-state index contributed by atoms with van der Waals surface area (Å²) in [7, 11) is 0.731. The molecule has 0 aliphatic carbocycles. The average molecular weight is 528 g/mol. The fourth-order valence-electron chi connectivity index (χ4n) is 7.10. The Hall–Kier alpha value is -3.43. The SMILES string of the molecule is Cc1c2cc(CC(C)(C)C)ccc2c(C)c2c1c1c3c(ccc4c5ccc([Si](C)(C)C)cc5n2c43)cc[n+]1C. The van der Waals surface area contributed by atoms with Gasteiger partial charge in [0.05, 0.1) is 35.4 Å². The van der Waals surface area contributed by atoms with E-state index in [4.69, 9.17) is 0 Å². The van der Waals surface area contributed by atoms with Crippen LogP contribution >= 0.6 is 0 Å². The summed E-state index contributed by atoms with van der Waals surface area (Å²) in [6.45, 7) is 19.0. The van der Waals surface area contributed by atoms with Gasteiger partial charge >= 0.3 is 0 Å². The van der Waals surface area contributed by atoms with E-state index in [9.17, 15) is 0 Å². The number of hydrogen-bond donors (Lipinski definition) is 0. The van der Waals surface area contributed by atoms with E-state index in [2.05, 4.69) is 131 Å². The fraction of sp³-hybridized carbons (Fsp3) is 0.306. The van der Waals surface area contributed by atoms with E-state index in [0.29, 0.717) is 0 Å². The molecule has 3 aromatic heterocycles. The summed E-state index contributed by atoms with van der Waals surface area (Å²) in [4.78, 5) is 0. The standard InChI is InChI=1S/C36H39N2Si/c1-21-29-18-23(20-36(3,4)5)10-13-26(29)22(2)33-31(21)35-32-24(16-17-37(35)6)11-14-28-27-15-12-25(39(7,8)9)19-30(27)38(33)34(28)32/h10-19H,20H2,1-9H3/q+1. The molecule has 3 heteroatoms. The molecule has 0 unspecified atom stereocenters. The lowest BCUT2D eigenvalue weighted by molar-refractivity contribution is -0.643. The lowest BCUT2D eigenvalue weighted by Gasteiger charge is -2.21. The van der Waals surface area contributed by atoms with E-state index in [1.165, 1.54) is 81.6 Å². The van der Waals surface area contributed by atoms with E-state index in [-0.39, 0.29) is 5.41 Å². The molecule has 0 amide bonds. The number of aromatic nitrogens is 2. The number of nitrogens with zero attached hydrogens (tertiary/aromatic N) is 2. The zero-order valence-corrected chi connectivity index (χ0v) is 25.9. The second-order valence-corrected chi connectivity index (χ2v) is 19.2. The first kappa shape index (κ1) is 24.6. The predicted octanol–water partition coefficient (Wildman–Crippen LogP) is 8.72. The van der Waals surface area contributed by atoms with Crippen molar-refractivity contribution in [3.63, 3.8) is 0 Å². The second kappa shape index (κ2) is 7.82. The molecule has 0 atom stereocenters. The van der Waals surface area contributed by atoms with Crippen LogP contribution in [0, 0.1) is 19.3 Å². The minimum Gasteiger partial charge on any atom is -0.307 e. The summed E-state index contributed by atoms with van der Waals surface area (Å²) in [5, 5.41) is 11.1. The van der Waals surface area contributed by atoms with Crippen LogP contribution in [0.2, 0.25) is 19.6 Å². The Morgan fingerprint density at radius 2 is 1.46 bits per heavy atom. The molecule has 4 aromatic carbocycles. The van der Waals surface area contributed by atoms with Gasteiger partial charge in [0.2, 0.25) is 5.52 Å². The van der Waals surface area contributed by atoms with Crippen LogP contribution in [0.4, 0.5) is 0 Å². The monoisotopic (exact) mass is 527 g/mol. The minimum absolute atomic E-state index is 0.256. The Bertz CT molecular complexity index is 2130. The van der Waals surface area contributed by atoms with Gasteiger partial charge in [0.15, 0.2) is 6.20 Å². The molecule has 0 saturated heterocycles. The molecule has 0 aliphatic rings. The van der Waals surface area contributed by atoms with Crippen LogP contribution < -0.4 is 9.75 Å². The van der Waals surface area contributed by atoms with Crippen molar-refractivity contribution >= 4 is 73.0 Å². The van der Waals surface area contributed by atoms with Gasteiger partial charge in [0.1, 0.15) is 7.05 Å². The van der Waals surface area contributed by atoms with E-state index < -0.39 is 8.07 Å². The van der Waals surface area contributed by atoms with Gasteiger partial charge in [-0.15, -0.1) is 0 Å². The Balaban J connectivity index is 1.79. The van der Waals surface area contributed by atoms with Gasteiger partial charge < -0.3 is 4.40 Å². The fourth-order valence-corrected chi connectivity index (χ4v) is 8.25. The van der Waals surface area contributed by atoms with E-state index in [1.54, 1.807) is 0 Å². The maximum absolute atomic E-state index is 2.63. The van der Waals surface area contributed by atoms with Gasteiger partial charge in [-0.2, -0.15) is 0 Å². The van der Waals surface area contributed by atoms with Gasteiger partial charge in [-0.25, -0.2) is 4.57 Å². The molecular weight excluding hydrogens is 488 g/mol. The van der Waals surface area contributed by atoms with Crippen LogP contribution in [-0.2, 0) is 13.5 Å². The van der Waals surface area contributed by atoms with Crippen LogP contribution in [0.5, 0.6) is 0 Å². The van der Waals surface area contributed by atoms with Crippen molar-refractivity contribution in [1.82, 2.24) is 4.40 Å². The van der Waals surface area contributed by atoms with Crippen LogP contribution in [0.25, 0.3) is 59.8 Å². The third-order valence-electron chi connectivity index (χ3n) is 8.95. The summed E-state index contributed by atoms with van der Waals surface area (Å²) < 4.78 is 4.98. The van der Waals surface area contributed by atoms with Gasteiger partial charge in [-0.05, 0) is 64.6 Å². The van der Waals surface area contributed by atoms with Crippen molar-refractivity contribution < 1.29 is 4.57 Å². The zero-order chi connectivity index (χ0) is 27.6. The van der Waals surface area contributed by atoms with E-state index >= 15 is 0 Å². The lowest BCUT2D eigenvalue weighted by Crippen LogP contribution is -2.37. The number of aryl methyl sites for hydroxylation is 3. The summed E-state index contributed by atoms with van der Waals surface area (Å²) >= 11 is 0. The highest BCUT2D eigenvalue weighted by molar-refractivity contribution is 6.88.